The highest BCUT2D eigenvalue weighted by molar-refractivity contribution is 6.29. The zero-order valence-electron chi connectivity index (χ0n) is 4.44. The van der Waals surface area contributed by atoms with Crippen molar-refractivity contribution in [3.05, 3.63) is 17.3 Å². The molecule has 2 nitrogen and oxygen atoms in total. The van der Waals surface area contributed by atoms with Crippen LogP contribution in [0.3, 0.4) is 0 Å². The van der Waals surface area contributed by atoms with Crippen LogP contribution < -0.4 is 4.74 Å². The maximum atomic E-state index is 5.50. The number of aromatic nitrogens is 1. The second-order valence-corrected chi connectivity index (χ2v) is 1.78. The Hall–Kier alpha value is -0.630. The fourth-order valence-electron chi connectivity index (χ4n) is 0.469. The van der Waals surface area contributed by atoms with Crippen LogP contribution in [-0.4, -0.2) is 12.1 Å². The van der Waals surface area contributed by atoms with Gasteiger partial charge in [0.2, 0.25) is 0 Å². The van der Waals surface area contributed by atoms with Gasteiger partial charge in [0.1, 0.15) is 5.15 Å². The highest BCUT2D eigenvalue weighted by Crippen LogP contribution is 2.12. The summed E-state index contributed by atoms with van der Waals surface area (Å²) in [6.07, 6.45) is 0. The predicted octanol–water partition coefficient (Wildman–Crippen LogP) is 1.68. The molecule has 1 rings (SSSR count). The molecule has 0 saturated heterocycles. The summed E-state index contributed by atoms with van der Waals surface area (Å²) in [6.45, 7) is 0. The van der Waals surface area contributed by atoms with Crippen LogP contribution in [-0.2, 0) is 0 Å². The van der Waals surface area contributed by atoms with Crippen molar-refractivity contribution in [1.82, 2.24) is 4.98 Å². The maximum Gasteiger partial charge on any atom is 0.191 e. The van der Waals surface area contributed by atoms with Crippen molar-refractivity contribution >= 4 is 11.6 Å². The van der Waals surface area contributed by atoms with E-state index in [1.165, 1.54) is 0 Å². The molecule has 1 aromatic heterocycles. The average Bonchev–Trinajstić information content (AvgIpc) is 2.14. The van der Waals surface area contributed by atoms with Gasteiger partial charge in [-0.15, -0.1) is 0 Å². The standard InChI is InChI=1S/C5H6ClNO/c1-8-5-3-2-4(6)7-5/h2-3,7H,1H3. The van der Waals surface area contributed by atoms with Gasteiger partial charge in [0.05, 0.1) is 7.11 Å². The number of nitrogens with one attached hydrogen (secondary N) is 1. The number of methoxy groups -OCH3 is 1. The summed E-state index contributed by atoms with van der Waals surface area (Å²) in [5.74, 6) is 0.690. The summed E-state index contributed by atoms with van der Waals surface area (Å²) in [6, 6.07) is 3.50. The van der Waals surface area contributed by atoms with Gasteiger partial charge < -0.3 is 9.72 Å². The average molecular weight is 132 g/mol. The molecule has 0 aromatic carbocycles. The molecule has 0 aliphatic rings. The minimum absolute atomic E-state index is 0.599. The Labute approximate surface area is 52.4 Å². The van der Waals surface area contributed by atoms with E-state index in [9.17, 15) is 0 Å². The number of hydrogen-bond donors (Lipinski definition) is 1. The summed E-state index contributed by atoms with van der Waals surface area (Å²) < 4.78 is 4.80. The van der Waals surface area contributed by atoms with Crippen LogP contribution in [0.25, 0.3) is 0 Å². The molecular weight excluding hydrogens is 126 g/mol. The molecule has 0 bridgehead atoms. The molecule has 0 aliphatic heterocycles. The third kappa shape index (κ3) is 0.954. The second kappa shape index (κ2) is 2.09. The fourth-order valence-corrected chi connectivity index (χ4v) is 0.625. The quantitative estimate of drug-likeness (QED) is 0.616. The van der Waals surface area contributed by atoms with E-state index in [1.54, 1.807) is 19.2 Å². The Morgan fingerprint density at radius 1 is 1.62 bits per heavy atom. The van der Waals surface area contributed by atoms with Crippen LogP contribution in [0.1, 0.15) is 0 Å². The number of H-pyrrole nitrogens is 1. The van der Waals surface area contributed by atoms with Gasteiger partial charge in [0.15, 0.2) is 5.88 Å². The third-order valence-corrected chi connectivity index (χ3v) is 1.06. The number of hydrogen-bond acceptors (Lipinski definition) is 1. The number of halogens is 1. The largest absolute Gasteiger partial charge is 0.482 e. The monoisotopic (exact) mass is 131 g/mol. The molecule has 1 N–H and O–H groups in total. The zero-order valence-corrected chi connectivity index (χ0v) is 5.20. The predicted molar refractivity (Wildman–Crippen MR) is 32.4 cm³/mol. The van der Waals surface area contributed by atoms with E-state index in [-0.39, 0.29) is 0 Å². The topological polar surface area (TPSA) is 25.0 Å². The van der Waals surface area contributed by atoms with Gasteiger partial charge in [-0.05, 0) is 6.07 Å². The highest BCUT2D eigenvalue weighted by atomic mass is 35.5. The van der Waals surface area contributed by atoms with E-state index in [1.807, 2.05) is 0 Å². The molecule has 0 amide bonds. The van der Waals surface area contributed by atoms with Gasteiger partial charge in [0, 0.05) is 6.07 Å². The van der Waals surface area contributed by atoms with Gasteiger partial charge in [-0.25, -0.2) is 0 Å². The van der Waals surface area contributed by atoms with E-state index >= 15 is 0 Å². The highest BCUT2D eigenvalue weighted by Gasteiger charge is 1.90. The molecule has 0 saturated carbocycles. The first-order valence-corrected chi connectivity index (χ1v) is 2.59. The SMILES string of the molecule is COc1ccc(Cl)[nH]1. The second-order valence-electron chi connectivity index (χ2n) is 1.37. The van der Waals surface area contributed by atoms with Gasteiger partial charge in [-0.1, -0.05) is 11.6 Å². The Morgan fingerprint density at radius 3 is 2.62 bits per heavy atom. The summed E-state index contributed by atoms with van der Waals surface area (Å²) in [4.78, 5) is 2.77. The Morgan fingerprint density at radius 2 is 2.38 bits per heavy atom. The molecule has 0 spiro atoms. The van der Waals surface area contributed by atoms with E-state index < -0.39 is 0 Å². The Kier molecular flexibility index (Phi) is 1.44. The summed E-state index contributed by atoms with van der Waals surface area (Å²) in [5.41, 5.74) is 0. The number of rotatable bonds is 1. The molecule has 0 unspecified atom stereocenters. The summed E-state index contributed by atoms with van der Waals surface area (Å²) in [5, 5.41) is 0.599. The molecule has 0 aliphatic carbocycles. The van der Waals surface area contributed by atoms with E-state index in [4.69, 9.17) is 16.3 Å². The van der Waals surface area contributed by atoms with Crippen LogP contribution in [0.4, 0.5) is 0 Å². The lowest BCUT2D eigenvalue weighted by molar-refractivity contribution is 0.400. The van der Waals surface area contributed by atoms with Crippen LogP contribution >= 0.6 is 11.6 Å². The molecule has 0 fully saturated rings. The van der Waals surface area contributed by atoms with Crippen molar-refractivity contribution in [3.8, 4) is 5.88 Å². The molecular formula is C5H6ClNO. The Bertz CT molecular complexity index is 173. The fraction of sp³-hybridized carbons (Fsp3) is 0.200. The van der Waals surface area contributed by atoms with Crippen molar-refractivity contribution in [2.24, 2.45) is 0 Å². The maximum absolute atomic E-state index is 5.50. The molecule has 8 heavy (non-hydrogen) atoms. The van der Waals surface area contributed by atoms with Gasteiger partial charge in [0.25, 0.3) is 0 Å². The van der Waals surface area contributed by atoms with Crippen molar-refractivity contribution in [2.75, 3.05) is 7.11 Å². The van der Waals surface area contributed by atoms with Crippen molar-refractivity contribution in [3.63, 3.8) is 0 Å². The van der Waals surface area contributed by atoms with Crippen molar-refractivity contribution in [2.45, 2.75) is 0 Å². The van der Waals surface area contributed by atoms with Crippen LogP contribution in [0.5, 0.6) is 5.88 Å². The first-order valence-electron chi connectivity index (χ1n) is 2.21. The van der Waals surface area contributed by atoms with Gasteiger partial charge in [-0.2, -0.15) is 0 Å². The minimum atomic E-state index is 0.599. The molecule has 0 atom stereocenters. The number of ether oxygens (including phenoxy) is 1. The van der Waals surface area contributed by atoms with Crippen molar-refractivity contribution < 1.29 is 4.74 Å². The lowest BCUT2D eigenvalue weighted by Crippen LogP contribution is -1.79. The van der Waals surface area contributed by atoms with Crippen LogP contribution in [0.15, 0.2) is 12.1 Å². The molecule has 44 valence electrons. The third-order valence-electron chi connectivity index (χ3n) is 0.844. The molecule has 0 radical (unpaired) electrons. The first kappa shape index (κ1) is 5.51. The van der Waals surface area contributed by atoms with E-state index in [0.29, 0.717) is 11.0 Å². The van der Waals surface area contributed by atoms with Crippen LogP contribution in [0, 0.1) is 0 Å². The van der Waals surface area contributed by atoms with Crippen molar-refractivity contribution in [1.29, 1.82) is 0 Å². The normalized spacial score (nSPS) is 9.25. The van der Waals surface area contributed by atoms with Crippen LogP contribution in [0.2, 0.25) is 5.15 Å². The lowest BCUT2D eigenvalue weighted by atomic mass is 10.6. The number of aromatic amines is 1. The van der Waals surface area contributed by atoms with Gasteiger partial charge >= 0.3 is 0 Å². The van der Waals surface area contributed by atoms with E-state index in [2.05, 4.69) is 4.98 Å². The molecule has 3 heteroatoms. The summed E-state index contributed by atoms with van der Waals surface area (Å²) in [7, 11) is 1.59. The molecule has 1 aromatic rings. The lowest BCUT2D eigenvalue weighted by Gasteiger charge is -1.88. The first-order chi connectivity index (χ1) is 3.83. The zero-order chi connectivity index (χ0) is 5.98. The smallest absolute Gasteiger partial charge is 0.191 e. The van der Waals surface area contributed by atoms with Gasteiger partial charge in [-0.3, -0.25) is 0 Å². The summed E-state index contributed by atoms with van der Waals surface area (Å²) >= 11 is 5.50. The molecule has 1 heterocycles. The minimum Gasteiger partial charge on any atom is -0.482 e. The van der Waals surface area contributed by atoms with E-state index in [0.717, 1.165) is 0 Å². The Balaban J connectivity index is 2.84.